The molecular weight excluding hydrogens is 206 g/mol. The Labute approximate surface area is 93.2 Å². The summed E-state index contributed by atoms with van der Waals surface area (Å²) in [5, 5.41) is 11.3. The summed E-state index contributed by atoms with van der Waals surface area (Å²) < 4.78 is 0.894. The van der Waals surface area contributed by atoms with Crippen LogP contribution in [0.1, 0.15) is 5.69 Å². The average Bonchev–Trinajstić information content (AvgIpc) is 2.26. The summed E-state index contributed by atoms with van der Waals surface area (Å²) in [6.45, 7) is 1.83. The molecule has 1 heterocycles. The van der Waals surface area contributed by atoms with E-state index in [0.29, 0.717) is 0 Å². The maximum Gasteiger partial charge on any atom is 0.203 e. The first-order valence-corrected chi connectivity index (χ1v) is 5.51. The molecule has 2 nitrogen and oxygen atoms in total. The molecular formula is C12H11NOS. The summed E-state index contributed by atoms with van der Waals surface area (Å²) in [6, 6.07) is 13.8. The highest BCUT2D eigenvalue weighted by Gasteiger charge is 2.07. The molecule has 0 fully saturated rings. The molecule has 0 radical (unpaired) electrons. The van der Waals surface area contributed by atoms with E-state index in [1.54, 1.807) is 17.8 Å². The van der Waals surface area contributed by atoms with Gasteiger partial charge in [0.25, 0.3) is 0 Å². The molecule has 0 unspecified atom stereocenters. The van der Waals surface area contributed by atoms with Crippen molar-refractivity contribution < 1.29 is 4.73 Å². The molecule has 0 aliphatic carbocycles. The van der Waals surface area contributed by atoms with Gasteiger partial charge in [-0.25, -0.2) is 0 Å². The van der Waals surface area contributed by atoms with E-state index in [-0.39, 0.29) is 0 Å². The summed E-state index contributed by atoms with van der Waals surface area (Å²) in [4.78, 5) is 2.14. The minimum absolute atomic E-state index is 0.742. The lowest BCUT2D eigenvalue weighted by Gasteiger charge is -2.05. The van der Waals surface area contributed by atoms with E-state index in [2.05, 4.69) is 0 Å². The highest BCUT2D eigenvalue weighted by atomic mass is 32.2. The van der Waals surface area contributed by atoms with Crippen LogP contribution in [0.5, 0.6) is 0 Å². The number of benzene rings is 1. The van der Waals surface area contributed by atoms with Crippen LogP contribution in [-0.2, 0) is 0 Å². The average molecular weight is 217 g/mol. The summed E-state index contributed by atoms with van der Waals surface area (Å²) in [5.41, 5.74) is 0.742. The second-order valence-electron chi connectivity index (χ2n) is 3.20. The predicted octanol–water partition coefficient (Wildman–Crippen LogP) is 2.78. The predicted molar refractivity (Wildman–Crippen MR) is 60.7 cm³/mol. The van der Waals surface area contributed by atoms with Gasteiger partial charge in [-0.05, 0) is 18.2 Å². The molecule has 0 saturated carbocycles. The van der Waals surface area contributed by atoms with Gasteiger partial charge in [-0.15, -0.1) is 0 Å². The van der Waals surface area contributed by atoms with Crippen molar-refractivity contribution in [3.63, 3.8) is 0 Å². The molecule has 3 heteroatoms. The Balaban J connectivity index is 2.29. The van der Waals surface area contributed by atoms with E-state index in [4.69, 9.17) is 0 Å². The minimum atomic E-state index is 0.742. The second kappa shape index (κ2) is 4.36. The lowest BCUT2D eigenvalue weighted by Crippen LogP contribution is -2.29. The van der Waals surface area contributed by atoms with Gasteiger partial charge in [0.1, 0.15) is 0 Å². The number of aromatic nitrogens is 1. The highest BCUT2D eigenvalue weighted by Crippen LogP contribution is 2.28. The molecule has 0 aliphatic heterocycles. The quantitative estimate of drug-likeness (QED) is 0.571. The van der Waals surface area contributed by atoms with E-state index < -0.39 is 0 Å². The SMILES string of the molecule is Cc1c(Sc2ccccc2)ccc[n+]1[O-]. The van der Waals surface area contributed by atoms with Gasteiger partial charge in [-0.2, -0.15) is 4.73 Å². The fourth-order valence-corrected chi connectivity index (χ4v) is 2.20. The number of rotatable bonds is 2. The van der Waals surface area contributed by atoms with Crippen LogP contribution in [0.3, 0.4) is 0 Å². The van der Waals surface area contributed by atoms with Gasteiger partial charge in [0.15, 0.2) is 6.20 Å². The molecule has 15 heavy (non-hydrogen) atoms. The molecule has 0 atom stereocenters. The van der Waals surface area contributed by atoms with Crippen molar-refractivity contribution in [3.8, 4) is 0 Å². The van der Waals surface area contributed by atoms with Crippen molar-refractivity contribution in [2.24, 2.45) is 0 Å². The Hall–Kier alpha value is -1.48. The van der Waals surface area contributed by atoms with Crippen molar-refractivity contribution in [2.75, 3.05) is 0 Å². The van der Waals surface area contributed by atoms with Crippen LogP contribution in [-0.4, -0.2) is 0 Å². The number of nitrogens with zero attached hydrogens (tertiary/aromatic N) is 1. The zero-order chi connectivity index (χ0) is 10.7. The van der Waals surface area contributed by atoms with E-state index in [1.807, 2.05) is 43.3 Å². The Morgan fingerprint density at radius 1 is 1.07 bits per heavy atom. The topological polar surface area (TPSA) is 26.9 Å². The molecule has 0 amide bonds. The maximum absolute atomic E-state index is 11.3. The van der Waals surface area contributed by atoms with Crippen molar-refractivity contribution in [3.05, 3.63) is 59.6 Å². The molecule has 0 bridgehead atoms. The molecule has 0 N–H and O–H groups in total. The Morgan fingerprint density at radius 3 is 2.53 bits per heavy atom. The van der Waals surface area contributed by atoms with Crippen molar-refractivity contribution in [1.82, 2.24) is 0 Å². The first-order chi connectivity index (χ1) is 7.27. The van der Waals surface area contributed by atoms with Crippen molar-refractivity contribution in [1.29, 1.82) is 0 Å². The van der Waals surface area contributed by atoms with Gasteiger partial charge in [0.2, 0.25) is 5.69 Å². The van der Waals surface area contributed by atoms with Crippen LogP contribution in [0.15, 0.2) is 58.5 Å². The first kappa shape index (κ1) is 10.1. The second-order valence-corrected chi connectivity index (χ2v) is 4.31. The summed E-state index contributed by atoms with van der Waals surface area (Å²) >= 11 is 1.61. The highest BCUT2D eigenvalue weighted by molar-refractivity contribution is 7.99. The third kappa shape index (κ3) is 2.30. The standard InChI is InChI=1S/C12H11NOS/c1-10-12(8-5-9-13(10)14)15-11-6-3-2-4-7-11/h2-9H,1H3. The van der Waals surface area contributed by atoms with Crippen LogP contribution in [0.2, 0.25) is 0 Å². The zero-order valence-electron chi connectivity index (χ0n) is 8.38. The summed E-state index contributed by atoms with van der Waals surface area (Å²) in [7, 11) is 0. The lowest BCUT2D eigenvalue weighted by molar-refractivity contribution is -0.614. The van der Waals surface area contributed by atoms with Crippen LogP contribution in [0, 0.1) is 12.1 Å². The number of pyridine rings is 1. The molecule has 0 aliphatic rings. The molecule has 2 aromatic rings. The molecule has 2 rings (SSSR count). The zero-order valence-corrected chi connectivity index (χ0v) is 9.20. The molecule has 0 saturated heterocycles. The maximum atomic E-state index is 11.3. The Kier molecular flexibility index (Phi) is 2.92. The minimum Gasteiger partial charge on any atom is -0.618 e. The van der Waals surface area contributed by atoms with E-state index in [9.17, 15) is 5.21 Å². The normalized spacial score (nSPS) is 10.2. The fraction of sp³-hybridized carbons (Fsp3) is 0.0833. The van der Waals surface area contributed by atoms with E-state index in [0.717, 1.165) is 20.2 Å². The molecule has 1 aromatic heterocycles. The first-order valence-electron chi connectivity index (χ1n) is 4.69. The number of hydrogen-bond donors (Lipinski definition) is 0. The number of hydrogen-bond acceptors (Lipinski definition) is 2. The van der Waals surface area contributed by atoms with Crippen LogP contribution in [0.4, 0.5) is 0 Å². The van der Waals surface area contributed by atoms with Gasteiger partial charge in [0.05, 0.1) is 4.90 Å². The van der Waals surface area contributed by atoms with Gasteiger partial charge in [-0.3, -0.25) is 0 Å². The monoisotopic (exact) mass is 217 g/mol. The smallest absolute Gasteiger partial charge is 0.203 e. The largest absolute Gasteiger partial charge is 0.618 e. The van der Waals surface area contributed by atoms with Crippen LogP contribution in [0.25, 0.3) is 0 Å². The van der Waals surface area contributed by atoms with E-state index >= 15 is 0 Å². The van der Waals surface area contributed by atoms with Gasteiger partial charge >= 0.3 is 0 Å². The third-order valence-electron chi connectivity index (χ3n) is 2.13. The molecule has 1 aromatic carbocycles. The summed E-state index contributed by atoms with van der Waals surface area (Å²) in [6.07, 6.45) is 1.52. The molecule has 76 valence electrons. The lowest BCUT2D eigenvalue weighted by atomic mass is 10.4. The Morgan fingerprint density at radius 2 is 1.80 bits per heavy atom. The van der Waals surface area contributed by atoms with Gasteiger partial charge in [0, 0.05) is 17.9 Å². The van der Waals surface area contributed by atoms with Crippen molar-refractivity contribution >= 4 is 11.8 Å². The van der Waals surface area contributed by atoms with Gasteiger partial charge in [-0.1, -0.05) is 30.0 Å². The van der Waals surface area contributed by atoms with Gasteiger partial charge < -0.3 is 5.21 Å². The molecule has 0 spiro atoms. The third-order valence-corrected chi connectivity index (χ3v) is 3.29. The van der Waals surface area contributed by atoms with Crippen molar-refractivity contribution in [2.45, 2.75) is 16.7 Å². The van der Waals surface area contributed by atoms with Crippen LogP contribution < -0.4 is 4.73 Å². The summed E-state index contributed by atoms with van der Waals surface area (Å²) in [5.74, 6) is 0. The van der Waals surface area contributed by atoms with Crippen LogP contribution >= 0.6 is 11.8 Å². The van der Waals surface area contributed by atoms with E-state index in [1.165, 1.54) is 6.20 Å². The fourth-order valence-electron chi connectivity index (χ4n) is 1.27. The Bertz CT molecular complexity index is 456.